The molecule has 0 fully saturated rings. The largest absolute Gasteiger partial charge is 0.508 e. The molecular formula is C7H8FN2O2+. The van der Waals surface area contributed by atoms with E-state index in [1.807, 2.05) is 0 Å². The lowest BCUT2D eigenvalue weighted by Crippen LogP contribution is -2.72. The van der Waals surface area contributed by atoms with Crippen LogP contribution in [0.3, 0.4) is 0 Å². The van der Waals surface area contributed by atoms with Crippen LogP contribution in [0.5, 0.6) is 5.75 Å². The molecule has 0 radical (unpaired) electrons. The van der Waals surface area contributed by atoms with Crippen molar-refractivity contribution in [1.29, 1.82) is 0 Å². The highest BCUT2D eigenvalue weighted by Crippen LogP contribution is 2.13. The van der Waals surface area contributed by atoms with E-state index in [0.717, 1.165) is 6.07 Å². The van der Waals surface area contributed by atoms with Gasteiger partial charge in [-0.2, -0.15) is 0 Å². The molecule has 1 aromatic carbocycles. The zero-order valence-electron chi connectivity index (χ0n) is 6.08. The maximum atomic E-state index is 12.9. The summed E-state index contributed by atoms with van der Waals surface area (Å²) >= 11 is 0. The Labute approximate surface area is 67.7 Å². The smallest absolute Gasteiger partial charge is 0.314 e. The summed E-state index contributed by atoms with van der Waals surface area (Å²) < 4.78 is 12.9. The zero-order valence-corrected chi connectivity index (χ0v) is 6.08. The average Bonchev–Trinajstić information content (AvgIpc) is 2.03. The van der Waals surface area contributed by atoms with Crippen molar-refractivity contribution in [2.24, 2.45) is 5.73 Å². The normalized spacial score (nSPS) is 11.6. The van der Waals surface area contributed by atoms with Gasteiger partial charge in [-0.15, -0.1) is 0 Å². The minimum Gasteiger partial charge on any atom is -0.508 e. The minimum atomic E-state index is -0.700. The lowest BCUT2D eigenvalue weighted by molar-refractivity contribution is -0.737. The molecule has 1 rings (SSSR count). The topological polar surface area (TPSA) is 80.5 Å². The van der Waals surface area contributed by atoms with Crippen LogP contribution < -0.4 is 10.9 Å². The molecule has 0 aliphatic carbocycles. The molecule has 5 heteroatoms. The van der Waals surface area contributed by atoms with E-state index >= 15 is 0 Å². The molecule has 5 N–H and O–H groups in total. The van der Waals surface area contributed by atoms with Crippen LogP contribution in [0.15, 0.2) is 18.2 Å². The Bertz CT molecular complexity index is 325. The second-order valence-corrected chi connectivity index (χ2v) is 2.19. The summed E-state index contributed by atoms with van der Waals surface area (Å²) in [5, 5.41) is 18.8. The lowest BCUT2D eigenvalue weighted by atomic mass is 10.2. The molecule has 0 bridgehead atoms. The molecule has 0 spiro atoms. The minimum absolute atomic E-state index is 0.00954. The highest BCUT2D eigenvalue weighted by Gasteiger charge is 2.11. The molecular weight excluding hydrogens is 163 g/mol. The Morgan fingerprint density at radius 2 is 2.17 bits per heavy atom. The standard InChI is InChI=1S/C7H7FN2O2/c8-6-3-4(11)1-2-5(6)7(9)10-12/h1-3,11-12H,(H2,9,10)/p+1. The third-order valence-electron chi connectivity index (χ3n) is 1.36. The first-order chi connectivity index (χ1) is 5.65. The maximum absolute atomic E-state index is 12.9. The molecule has 0 saturated carbocycles. The second-order valence-electron chi connectivity index (χ2n) is 2.19. The number of amidine groups is 1. The number of benzene rings is 1. The molecule has 4 nitrogen and oxygen atoms in total. The van der Waals surface area contributed by atoms with E-state index in [1.54, 1.807) is 5.16 Å². The van der Waals surface area contributed by atoms with Gasteiger partial charge in [0.05, 0.1) is 0 Å². The van der Waals surface area contributed by atoms with Crippen LogP contribution in [0.25, 0.3) is 0 Å². The van der Waals surface area contributed by atoms with E-state index in [0.29, 0.717) is 0 Å². The van der Waals surface area contributed by atoms with E-state index in [4.69, 9.17) is 16.0 Å². The third-order valence-corrected chi connectivity index (χ3v) is 1.36. The number of aromatic hydroxyl groups is 1. The first-order valence-corrected chi connectivity index (χ1v) is 3.16. The number of phenolic OH excluding ortho intramolecular Hbond substituents is 1. The molecule has 0 aromatic heterocycles. The van der Waals surface area contributed by atoms with Crippen LogP contribution in [-0.4, -0.2) is 16.1 Å². The molecule has 0 amide bonds. The summed E-state index contributed by atoms with van der Waals surface area (Å²) in [6.07, 6.45) is 0. The summed E-state index contributed by atoms with van der Waals surface area (Å²) in [6, 6.07) is 3.42. The van der Waals surface area contributed by atoms with Crippen LogP contribution in [0.4, 0.5) is 4.39 Å². The summed E-state index contributed by atoms with van der Waals surface area (Å²) in [7, 11) is 0. The van der Waals surface area contributed by atoms with Crippen molar-refractivity contribution in [3.8, 4) is 5.75 Å². The molecule has 0 saturated heterocycles. The Morgan fingerprint density at radius 3 is 2.67 bits per heavy atom. The van der Waals surface area contributed by atoms with Crippen LogP contribution in [0, 0.1) is 5.82 Å². The van der Waals surface area contributed by atoms with Gasteiger partial charge in [-0.25, -0.2) is 4.39 Å². The van der Waals surface area contributed by atoms with E-state index in [-0.39, 0.29) is 17.1 Å². The third kappa shape index (κ3) is 1.45. The second kappa shape index (κ2) is 3.08. The number of nitrogens with two attached hydrogens (primary N) is 1. The number of phenols is 1. The van der Waals surface area contributed by atoms with Gasteiger partial charge >= 0.3 is 5.84 Å². The number of hydrogen-bond acceptors (Lipinski definition) is 2. The van der Waals surface area contributed by atoms with Crippen molar-refractivity contribution in [1.82, 2.24) is 0 Å². The summed E-state index contributed by atoms with van der Waals surface area (Å²) in [5.41, 5.74) is 5.19. The van der Waals surface area contributed by atoms with Crippen molar-refractivity contribution in [2.45, 2.75) is 0 Å². The first kappa shape index (κ1) is 8.32. The van der Waals surface area contributed by atoms with Crippen molar-refractivity contribution in [2.75, 3.05) is 0 Å². The number of nitrogens with one attached hydrogen (secondary N) is 1. The first-order valence-electron chi connectivity index (χ1n) is 3.16. The quantitative estimate of drug-likeness (QED) is 0.184. The average molecular weight is 171 g/mol. The van der Waals surface area contributed by atoms with Crippen molar-refractivity contribution in [3.05, 3.63) is 29.6 Å². The highest BCUT2D eigenvalue weighted by molar-refractivity contribution is 5.93. The lowest BCUT2D eigenvalue weighted by Gasteiger charge is -1.96. The maximum Gasteiger partial charge on any atom is 0.314 e. The van der Waals surface area contributed by atoms with Gasteiger partial charge in [0.25, 0.3) is 0 Å². The van der Waals surface area contributed by atoms with Gasteiger partial charge in [0.2, 0.25) is 0 Å². The molecule has 0 atom stereocenters. The summed E-state index contributed by atoms with van der Waals surface area (Å²) in [4.78, 5) is 0. The Morgan fingerprint density at radius 1 is 1.50 bits per heavy atom. The van der Waals surface area contributed by atoms with E-state index < -0.39 is 5.82 Å². The Balaban J connectivity index is 3.18. The van der Waals surface area contributed by atoms with Crippen molar-refractivity contribution >= 4 is 5.84 Å². The predicted molar refractivity (Wildman–Crippen MR) is 39.1 cm³/mol. The van der Waals surface area contributed by atoms with Gasteiger partial charge in [-0.3, -0.25) is 5.73 Å². The molecule has 64 valence electrons. The van der Waals surface area contributed by atoms with E-state index in [2.05, 4.69) is 0 Å². The SMILES string of the molecule is NC(=[NH+]O)c1ccc(O)cc1F. The number of hydrogen-bond donors (Lipinski definition) is 4. The van der Waals surface area contributed by atoms with Crippen molar-refractivity contribution < 1.29 is 19.9 Å². The monoisotopic (exact) mass is 171 g/mol. The summed E-state index contributed by atoms with van der Waals surface area (Å²) in [6.45, 7) is 0. The zero-order chi connectivity index (χ0) is 9.14. The molecule has 0 aliphatic rings. The predicted octanol–water partition coefficient (Wildman–Crippen LogP) is -1.29. The molecule has 1 aromatic rings. The number of nitrogen functional groups attached to an aromatic ring is 1. The van der Waals surface area contributed by atoms with E-state index in [9.17, 15) is 4.39 Å². The van der Waals surface area contributed by atoms with Crippen LogP contribution in [-0.2, 0) is 0 Å². The summed E-state index contributed by atoms with van der Waals surface area (Å²) in [5.74, 6) is -1.09. The van der Waals surface area contributed by atoms with Gasteiger partial charge in [-0.05, 0) is 12.1 Å². The van der Waals surface area contributed by atoms with Gasteiger partial charge in [-0.1, -0.05) is 5.16 Å². The van der Waals surface area contributed by atoms with Gasteiger partial charge in [0.1, 0.15) is 17.1 Å². The van der Waals surface area contributed by atoms with E-state index in [1.165, 1.54) is 12.1 Å². The van der Waals surface area contributed by atoms with Crippen LogP contribution >= 0.6 is 0 Å². The van der Waals surface area contributed by atoms with Crippen LogP contribution in [0.1, 0.15) is 5.56 Å². The van der Waals surface area contributed by atoms with Gasteiger partial charge in [0.15, 0.2) is 0 Å². The number of halogens is 1. The van der Waals surface area contributed by atoms with Crippen molar-refractivity contribution in [3.63, 3.8) is 0 Å². The molecule has 12 heavy (non-hydrogen) atoms. The Kier molecular flexibility index (Phi) is 2.14. The van der Waals surface area contributed by atoms with Gasteiger partial charge < -0.3 is 10.3 Å². The fourth-order valence-corrected chi connectivity index (χ4v) is 0.783. The van der Waals surface area contributed by atoms with Gasteiger partial charge in [0, 0.05) is 6.07 Å². The fourth-order valence-electron chi connectivity index (χ4n) is 0.783. The Hall–Kier alpha value is -1.78. The fraction of sp³-hybridized carbons (Fsp3) is 0. The molecule has 0 aliphatic heterocycles. The van der Waals surface area contributed by atoms with Crippen LogP contribution in [0.2, 0.25) is 0 Å². The number of rotatable bonds is 1. The molecule has 0 unspecified atom stereocenters. The molecule has 0 heterocycles. The highest BCUT2D eigenvalue weighted by atomic mass is 19.1.